The maximum atomic E-state index is 4.88. The molecule has 30 heavy (non-hydrogen) atoms. The molecule has 0 radical (unpaired) electrons. The first-order valence-electron chi connectivity index (χ1n) is 11.4. The first kappa shape index (κ1) is 22.3. The van der Waals surface area contributed by atoms with Crippen LogP contribution in [0.5, 0.6) is 0 Å². The summed E-state index contributed by atoms with van der Waals surface area (Å²) in [4.78, 5) is 7.47. The van der Waals surface area contributed by atoms with Gasteiger partial charge in [-0.25, -0.2) is 9.67 Å². The van der Waals surface area contributed by atoms with Gasteiger partial charge in [-0.3, -0.25) is 0 Å². The van der Waals surface area contributed by atoms with Gasteiger partial charge in [-0.2, -0.15) is 5.10 Å². The molecule has 164 valence electrons. The number of guanidine groups is 1. The number of hydrogen-bond donors (Lipinski definition) is 2. The van der Waals surface area contributed by atoms with Gasteiger partial charge in [0.05, 0.1) is 17.9 Å². The molecule has 1 atom stereocenters. The number of aryl methyl sites for hydroxylation is 2. The number of rotatable bonds is 7. The maximum Gasteiger partial charge on any atom is 0.191 e. The van der Waals surface area contributed by atoms with E-state index in [0.29, 0.717) is 18.5 Å². The standard InChI is InChI=1S/C24H38N6/c1-6-25-24(26-15-21-10-9-13-29(17-21)18(2)3)27-16-22-11-7-8-12-23(22)30-20(5)14-19(4)28-30/h7-8,11-12,14,18,21H,6,9-10,13,15-17H2,1-5H3,(H2,25,26,27). The van der Waals surface area contributed by atoms with Crippen molar-refractivity contribution in [2.24, 2.45) is 10.9 Å². The van der Waals surface area contributed by atoms with Crippen molar-refractivity contribution in [3.63, 3.8) is 0 Å². The molecular formula is C24H38N6. The van der Waals surface area contributed by atoms with Gasteiger partial charge in [-0.05, 0) is 77.6 Å². The van der Waals surface area contributed by atoms with Crippen molar-refractivity contribution in [2.75, 3.05) is 26.2 Å². The molecule has 0 saturated carbocycles. The van der Waals surface area contributed by atoms with Gasteiger partial charge in [-0.15, -0.1) is 0 Å². The van der Waals surface area contributed by atoms with Crippen LogP contribution >= 0.6 is 0 Å². The van der Waals surface area contributed by atoms with Gasteiger partial charge in [0, 0.05) is 31.4 Å². The largest absolute Gasteiger partial charge is 0.357 e. The molecule has 6 heteroatoms. The highest BCUT2D eigenvalue weighted by molar-refractivity contribution is 5.79. The van der Waals surface area contributed by atoms with Crippen LogP contribution in [0.15, 0.2) is 35.3 Å². The zero-order valence-electron chi connectivity index (χ0n) is 19.3. The van der Waals surface area contributed by atoms with Gasteiger partial charge < -0.3 is 15.5 Å². The number of aromatic nitrogens is 2. The Morgan fingerprint density at radius 3 is 2.73 bits per heavy atom. The third-order valence-corrected chi connectivity index (χ3v) is 5.82. The first-order valence-corrected chi connectivity index (χ1v) is 11.4. The van der Waals surface area contributed by atoms with Gasteiger partial charge in [-0.1, -0.05) is 18.2 Å². The molecular weight excluding hydrogens is 372 g/mol. The summed E-state index contributed by atoms with van der Waals surface area (Å²) < 4.78 is 2.02. The number of hydrogen-bond acceptors (Lipinski definition) is 3. The number of aliphatic imine (C=N–C) groups is 1. The van der Waals surface area contributed by atoms with E-state index in [4.69, 9.17) is 4.99 Å². The van der Waals surface area contributed by atoms with E-state index in [1.54, 1.807) is 0 Å². The molecule has 3 rings (SSSR count). The fourth-order valence-corrected chi connectivity index (χ4v) is 4.20. The van der Waals surface area contributed by atoms with Crippen molar-refractivity contribution in [3.8, 4) is 5.69 Å². The number of para-hydroxylation sites is 1. The van der Waals surface area contributed by atoms with Crippen molar-refractivity contribution < 1.29 is 0 Å². The SMILES string of the molecule is CCNC(=NCc1ccccc1-n1nc(C)cc1C)NCC1CCCN(C(C)C)C1. The Labute approximate surface area is 181 Å². The monoisotopic (exact) mass is 410 g/mol. The molecule has 1 aromatic carbocycles. The van der Waals surface area contributed by atoms with E-state index in [1.165, 1.54) is 31.5 Å². The number of likely N-dealkylation sites (tertiary alicyclic amines) is 1. The predicted octanol–water partition coefficient (Wildman–Crippen LogP) is 3.66. The van der Waals surface area contributed by atoms with Gasteiger partial charge in [0.1, 0.15) is 0 Å². The lowest BCUT2D eigenvalue weighted by Crippen LogP contribution is -2.46. The van der Waals surface area contributed by atoms with Crippen LogP contribution in [0.3, 0.4) is 0 Å². The third-order valence-electron chi connectivity index (χ3n) is 5.82. The molecule has 1 saturated heterocycles. The molecule has 1 aromatic heterocycles. The van der Waals surface area contributed by atoms with E-state index < -0.39 is 0 Å². The summed E-state index contributed by atoms with van der Waals surface area (Å²) in [6, 6.07) is 11.1. The molecule has 0 aliphatic carbocycles. The topological polar surface area (TPSA) is 57.5 Å². The minimum Gasteiger partial charge on any atom is -0.357 e. The van der Waals surface area contributed by atoms with E-state index in [9.17, 15) is 0 Å². The smallest absolute Gasteiger partial charge is 0.191 e. The number of nitrogens with one attached hydrogen (secondary N) is 2. The molecule has 2 N–H and O–H groups in total. The molecule has 1 aliphatic heterocycles. The highest BCUT2D eigenvalue weighted by Crippen LogP contribution is 2.19. The summed E-state index contributed by atoms with van der Waals surface area (Å²) in [5, 5.41) is 11.6. The van der Waals surface area contributed by atoms with Crippen molar-refractivity contribution in [1.29, 1.82) is 0 Å². The molecule has 6 nitrogen and oxygen atoms in total. The van der Waals surface area contributed by atoms with E-state index >= 15 is 0 Å². The molecule has 0 amide bonds. The second kappa shape index (κ2) is 10.6. The summed E-state index contributed by atoms with van der Waals surface area (Å²) in [6.07, 6.45) is 2.57. The molecule has 1 unspecified atom stereocenters. The Balaban J connectivity index is 1.67. The minimum atomic E-state index is 0.618. The third kappa shape index (κ3) is 5.85. The van der Waals surface area contributed by atoms with Crippen molar-refractivity contribution in [2.45, 2.75) is 60.0 Å². The Hall–Kier alpha value is -2.34. The normalized spacial score (nSPS) is 18.1. The minimum absolute atomic E-state index is 0.618. The van der Waals surface area contributed by atoms with Crippen LogP contribution in [-0.4, -0.2) is 52.9 Å². The second-order valence-corrected chi connectivity index (χ2v) is 8.64. The van der Waals surface area contributed by atoms with E-state index in [1.807, 2.05) is 11.6 Å². The lowest BCUT2D eigenvalue weighted by Gasteiger charge is -2.35. The van der Waals surface area contributed by atoms with Crippen molar-refractivity contribution in [3.05, 3.63) is 47.3 Å². The molecule has 2 heterocycles. The van der Waals surface area contributed by atoms with Crippen LogP contribution in [0.25, 0.3) is 5.69 Å². The Morgan fingerprint density at radius 1 is 1.23 bits per heavy atom. The number of piperidine rings is 1. The highest BCUT2D eigenvalue weighted by Gasteiger charge is 2.21. The van der Waals surface area contributed by atoms with Crippen LogP contribution in [0.1, 0.15) is 50.6 Å². The zero-order chi connectivity index (χ0) is 21.5. The van der Waals surface area contributed by atoms with Gasteiger partial charge in [0.25, 0.3) is 0 Å². The maximum absolute atomic E-state index is 4.88. The fraction of sp³-hybridized carbons (Fsp3) is 0.583. The van der Waals surface area contributed by atoms with Crippen LogP contribution in [-0.2, 0) is 6.54 Å². The summed E-state index contributed by atoms with van der Waals surface area (Å²) in [5.74, 6) is 1.56. The summed E-state index contributed by atoms with van der Waals surface area (Å²) in [5.41, 5.74) is 4.44. The molecule has 0 bridgehead atoms. The molecule has 2 aromatic rings. The van der Waals surface area contributed by atoms with Gasteiger partial charge >= 0.3 is 0 Å². The van der Waals surface area contributed by atoms with Crippen LogP contribution in [0.2, 0.25) is 0 Å². The average molecular weight is 411 g/mol. The quantitative estimate of drug-likeness (QED) is 0.540. The summed E-state index contributed by atoms with van der Waals surface area (Å²) in [6.45, 7) is 15.7. The predicted molar refractivity (Wildman–Crippen MR) is 125 cm³/mol. The van der Waals surface area contributed by atoms with E-state index in [0.717, 1.165) is 36.1 Å². The van der Waals surface area contributed by atoms with Crippen molar-refractivity contribution in [1.82, 2.24) is 25.3 Å². The van der Waals surface area contributed by atoms with Gasteiger partial charge in [0.2, 0.25) is 0 Å². The molecule has 0 spiro atoms. The zero-order valence-corrected chi connectivity index (χ0v) is 19.3. The second-order valence-electron chi connectivity index (χ2n) is 8.64. The summed E-state index contributed by atoms with van der Waals surface area (Å²) in [7, 11) is 0. The van der Waals surface area contributed by atoms with E-state index in [-0.39, 0.29) is 0 Å². The van der Waals surface area contributed by atoms with Crippen LogP contribution in [0.4, 0.5) is 0 Å². The first-order chi connectivity index (χ1) is 14.5. The molecule has 1 aliphatic rings. The Kier molecular flexibility index (Phi) is 7.91. The van der Waals surface area contributed by atoms with Crippen LogP contribution < -0.4 is 10.6 Å². The number of nitrogens with zero attached hydrogens (tertiary/aromatic N) is 4. The Morgan fingerprint density at radius 2 is 2.03 bits per heavy atom. The summed E-state index contributed by atoms with van der Waals surface area (Å²) >= 11 is 0. The van der Waals surface area contributed by atoms with Crippen molar-refractivity contribution >= 4 is 5.96 Å². The highest BCUT2D eigenvalue weighted by atomic mass is 15.3. The average Bonchev–Trinajstić information content (AvgIpc) is 3.08. The lowest BCUT2D eigenvalue weighted by atomic mass is 9.97. The fourth-order valence-electron chi connectivity index (χ4n) is 4.20. The molecule has 1 fully saturated rings. The van der Waals surface area contributed by atoms with Gasteiger partial charge in [0.15, 0.2) is 5.96 Å². The lowest BCUT2D eigenvalue weighted by molar-refractivity contribution is 0.141. The Bertz CT molecular complexity index is 838. The number of benzene rings is 1. The van der Waals surface area contributed by atoms with Crippen LogP contribution in [0, 0.1) is 19.8 Å². The van der Waals surface area contributed by atoms with E-state index in [2.05, 4.69) is 78.7 Å².